The molecule has 26 heavy (non-hydrogen) atoms. The van der Waals surface area contributed by atoms with Crippen LogP contribution >= 0.6 is 11.8 Å². The van der Waals surface area contributed by atoms with Crippen molar-refractivity contribution in [3.63, 3.8) is 0 Å². The summed E-state index contributed by atoms with van der Waals surface area (Å²) >= 11 is 1.70. The molecule has 0 radical (unpaired) electrons. The van der Waals surface area contributed by atoms with E-state index >= 15 is 0 Å². The van der Waals surface area contributed by atoms with Crippen molar-refractivity contribution in [2.75, 3.05) is 6.26 Å². The van der Waals surface area contributed by atoms with E-state index in [2.05, 4.69) is 24.5 Å². The minimum Gasteiger partial charge on any atom is -0.455 e. The average molecular weight is 361 g/mol. The van der Waals surface area contributed by atoms with Gasteiger partial charge in [0.1, 0.15) is 11.3 Å². The van der Waals surface area contributed by atoms with Gasteiger partial charge in [0.15, 0.2) is 0 Å². The molecular formula is C22H19NO2S. The first kappa shape index (κ1) is 16.7. The van der Waals surface area contributed by atoms with Gasteiger partial charge in [-0.1, -0.05) is 30.3 Å². The van der Waals surface area contributed by atoms with Gasteiger partial charge < -0.3 is 8.98 Å². The summed E-state index contributed by atoms with van der Waals surface area (Å²) in [5.41, 5.74) is 4.64. The van der Waals surface area contributed by atoms with Gasteiger partial charge in [-0.3, -0.25) is 4.79 Å². The Hall–Kier alpha value is -2.72. The van der Waals surface area contributed by atoms with E-state index in [1.165, 1.54) is 4.90 Å². The number of benzene rings is 2. The zero-order valence-corrected chi connectivity index (χ0v) is 15.8. The second-order valence-electron chi connectivity index (χ2n) is 6.40. The molecule has 3 nitrogen and oxygen atoms in total. The fourth-order valence-corrected chi connectivity index (χ4v) is 3.71. The summed E-state index contributed by atoms with van der Waals surface area (Å²) in [5.74, 6) is 0.849. The van der Waals surface area contributed by atoms with E-state index < -0.39 is 0 Å². The van der Waals surface area contributed by atoms with E-state index in [0.29, 0.717) is 0 Å². The Bertz CT molecular complexity index is 1130. The van der Waals surface area contributed by atoms with Crippen molar-refractivity contribution in [1.82, 2.24) is 4.57 Å². The molecule has 2 heterocycles. The Morgan fingerprint density at radius 3 is 2.46 bits per heavy atom. The Kier molecular flexibility index (Phi) is 4.21. The molecule has 0 aliphatic rings. The fourth-order valence-electron chi connectivity index (χ4n) is 3.23. The first-order chi connectivity index (χ1) is 12.6. The van der Waals surface area contributed by atoms with Crippen LogP contribution in [0.1, 0.15) is 5.56 Å². The number of hydrogen-bond donors (Lipinski definition) is 0. The summed E-state index contributed by atoms with van der Waals surface area (Å²) in [5, 5.41) is 1.07. The summed E-state index contributed by atoms with van der Waals surface area (Å²) in [6.07, 6.45) is 3.94. The largest absolute Gasteiger partial charge is 0.455 e. The van der Waals surface area contributed by atoms with Gasteiger partial charge in [-0.15, -0.1) is 11.8 Å². The number of nitrogens with zero attached hydrogens (tertiary/aromatic N) is 1. The molecule has 4 rings (SSSR count). The molecule has 0 aliphatic carbocycles. The molecule has 0 amide bonds. The molecular weight excluding hydrogens is 342 g/mol. The lowest BCUT2D eigenvalue weighted by Gasteiger charge is -2.09. The van der Waals surface area contributed by atoms with Crippen LogP contribution in [-0.4, -0.2) is 10.8 Å². The second kappa shape index (κ2) is 6.54. The zero-order valence-electron chi connectivity index (χ0n) is 14.9. The molecule has 2 aromatic heterocycles. The molecule has 130 valence electrons. The van der Waals surface area contributed by atoms with Gasteiger partial charge in [-0.25, -0.2) is 0 Å². The third-order valence-electron chi connectivity index (χ3n) is 4.56. The summed E-state index contributed by atoms with van der Waals surface area (Å²) in [7, 11) is 1.78. The molecule has 0 fully saturated rings. The normalized spacial score (nSPS) is 11.2. The van der Waals surface area contributed by atoms with E-state index in [1.54, 1.807) is 23.4 Å². The maximum absolute atomic E-state index is 12.1. The predicted molar refractivity (Wildman–Crippen MR) is 109 cm³/mol. The van der Waals surface area contributed by atoms with Crippen LogP contribution in [-0.2, 0) is 7.05 Å². The molecule has 0 unspecified atom stereocenters. The lowest BCUT2D eigenvalue weighted by molar-refractivity contribution is 0.632. The van der Waals surface area contributed by atoms with Crippen LogP contribution in [0, 0.1) is 6.92 Å². The Labute approximate surface area is 156 Å². The van der Waals surface area contributed by atoms with Crippen LogP contribution in [0.15, 0.2) is 74.9 Å². The molecule has 0 saturated heterocycles. The first-order valence-electron chi connectivity index (χ1n) is 8.41. The number of fused-ring (bicyclic) bond motifs is 1. The highest BCUT2D eigenvalue weighted by Crippen LogP contribution is 2.37. The molecule has 0 N–H and O–H groups in total. The van der Waals surface area contributed by atoms with Crippen LogP contribution in [0.4, 0.5) is 0 Å². The topological polar surface area (TPSA) is 35.1 Å². The van der Waals surface area contributed by atoms with Gasteiger partial charge in [0.2, 0.25) is 0 Å². The van der Waals surface area contributed by atoms with E-state index in [4.69, 9.17) is 4.42 Å². The minimum atomic E-state index is 0.0236. The van der Waals surface area contributed by atoms with Crippen molar-refractivity contribution in [3.05, 3.63) is 76.7 Å². The van der Waals surface area contributed by atoms with Gasteiger partial charge in [0.25, 0.3) is 5.56 Å². The first-order valence-corrected chi connectivity index (χ1v) is 9.64. The number of aryl methyl sites for hydroxylation is 2. The number of aromatic nitrogens is 1. The average Bonchev–Trinajstić information content (AvgIpc) is 3.09. The van der Waals surface area contributed by atoms with Gasteiger partial charge in [-0.05, 0) is 37.4 Å². The highest BCUT2D eigenvalue weighted by molar-refractivity contribution is 7.98. The van der Waals surface area contributed by atoms with Gasteiger partial charge in [-0.2, -0.15) is 0 Å². The molecule has 2 aromatic carbocycles. The van der Waals surface area contributed by atoms with E-state index in [-0.39, 0.29) is 5.56 Å². The summed E-state index contributed by atoms with van der Waals surface area (Å²) in [6.45, 7) is 1.85. The number of pyridine rings is 1. The summed E-state index contributed by atoms with van der Waals surface area (Å²) in [4.78, 5) is 13.2. The highest BCUT2D eigenvalue weighted by Gasteiger charge is 2.14. The second-order valence-corrected chi connectivity index (χ2v) is 7.28. The zero-order chi connectivity index (χ0) is 18.3. The lowest BCUT2D eigenvalue weighted by atomic mass is 10.0. The SMILES string of the molecule is CSc1cc(-c2cc(C)c(=O)n(C)c2)c2oc(-c3ccccc3)cc2c1. The number of thioether (sulfide) groups is 1. The molecule has 0 saturated carbocycles. The quantitative estimate of drug-likeness (QED) is 0.452. The standard InChI is InChI=1S/C22H19NO2S/c1-14-9-17(13-23(2)22(14)24)19-12-18(26-3)10-16-11-20(25-21(16)19)15-7-5-4-6-8-15/h4-13H,1-3H3. The van der Waals surface area contributed by atoms with Crippen LogP contribution in [0.3, 0.4) is 0 Å². The maximum Gasteiger partial charge on any atom is 0.253 e. The lowest BCUT2D eigenvalue weighted by Crippen LogP contribution is -2.18. The molecule has 0 atom stereocenters. The molecule has 4 heteroatoms. The predicted octanol–water partition coefficient (Wildman–Crippen LogP) is 5.50. The molecule has 0 spiro atoms. The summed E-state index contributed by atoms with van der Waals surface area (Å²) < 4.78 is 7.88. The van der Waals surface area contributed by atoms with Gasteiger partial charge >= 0.3 is 0 Å². The van der Waals surface area contributed by atoms with Crippen molar-refractivity contribution >= 4 is 22.7 Å². The van der Waals surface area contributed by atoms with Gasteiger partial charge in [0, 0.05) is 45.8 Å². The summed E-state index contributed by atoms with van der Waals surface area (Å²) in [6, 6.07) is 18.4. The third kappa shape index (κ3) is 2.86. The monoisotopic (exact) mass is 361 g/mol. The van der Waals surface area contributed by atoms with Gasteiger partial charge in [0.05, 0.1) is 0 Å². The number of hydrogen-bond acceptors (Lipinski definition) is 3. The van der Waals surface area contributed by atoms with Crippen LogP contribution in [0.2, 0.25) is 0 Å². The Morgan fingerprint density at radius 2 is 1.77 bits per heavy atom. The van der Waals surface area contributed by atoms with Crippen LogP contribution in [0.25, 0.3) is 33.4 Å². The van der Waals surface area contributed by atoms with E-state index in [9.17, 15) is 4.79 Å². The van der Waals surface area contributed by atoms with Crippen molar-refractivity contribution in [2.45, 2.75) is 11.8 Å². The third-order valence-corrected chi connectivity index (χ3v) is 5.26. The highest BCUT2D eigenvalue weighted by atomic mass is 32.2. The number of rotatable bonds is 3. The molecule has 4 aromatic rings. The smallest absolute Gasteiger partial charge is 0.253 e. The van der Waals surface area contributed by atoms with Crippen LogP contribution < -0.4 is 5.56 Å². The Balaban J connectivity index is 1.99. The van der Waals surface area contributed by atoms with E-state index in [1.807, 2.05) is 49.5 Å². The molecule has 0 bridgehead atoms. The fraction of sp³-hybridized carbons (Fsp3) is 0.136. The minimum absolute atomic E-state index is 0.0236. The Morgan fingerprint density at radius 1 is 1.00 bits per heavy atom. The van der Waals surface area contributed by atoms with Crippen LogP contribution in [0.5, 0.6) is 0 Å². The van der Waals surface area contributed by atoms with Crippen molar-refractivity contribution in [3.8, 4) is 22.5 Å². The van der Waals surface area contributed by atoms with Crippen molar-refractivity contribution in [1.29, 1.82) is 0 Å². The van der Waals surface area contributed by atoms with E-state index in [0.717, 1.165) is 39.0 Å². The number of furan rings is 1. The van der Waals surface area contributed by atoms with Crippen molar-refractivity contribution in [2.24, 2.45) is 7.05 Å². The van der Waals surface area contributed by atoms with Crippen molar-refractivity contribution < 1.29 is 4.42 Å². The maximum atomic E-state index is 12.1. The molecule has 0 aliphatic heterocycles.